The molecule has 0 fully saturated rings. The third kappa shape index (κ3) is 1.08. The van der Waals surface area contributed by atoms with Crippen molar-refractivity contribution in [2.24, 2.45) is 5.73 Å². The summed E-state index contributed by atoms with van der Waals surface area (Å²) < 4.78 is 5.23. The Balaban J connectivity index is 2.30. The summed E-state index contributed by atoms with van der Waals surface area (Å²) >= 11 is 0. The summed E-state index contributed by atoms with van der Waals surface area (Å²) in [4.78, 5) is 0. The van der Waals surface area contributed by atoms with Crippen LogP contribution in [0.1, 0.15) is 24.2 Å². The van der Waals surface area contributed by atoms with Crippen molar-refractivity contribution in [3.8, 4) is 0 Å². The van der Waals surface area contributed by atoms with Crippen LogP contribution in [0.15, 0.2) is 28.9 Å². The second-order valence-electron chi connectivity index (χ2n) is 3.48. The van der Waals surface area contributed by atoms with Crippen molar-refractivity contribution in [2.45, 2.75) is 25.3 Å². The van der Waals surface area contributed by atoms with Crippen LogP contribution in [-0.2, 0) is 5.54 Å². The Morgan fingerprint density at radius 1 is 1.42 bits per heavy atom. The number of nitrogens with two attached hydrogens (primary N) is 1. The highest BCUT2D eigenvalue weighted by atomic mass is 16.3. The van der Waals surface area contributed by atoms with Gasteiger partial charge in [0.2, 0.25) is 0 Å². The minimum absolute atomic E-state index is 0.197. The van der Waals surface area contributed by atoms with Gasteiger partial charge in [0, 0.05) is 5.56 Å². The number of furan rings is 1. The highest BCUT2D eigenvalue weighted by molar-refractivity contribution is 5.26. The summed E-state index contributed by atoms with van der Waals surface area (Å²) in [5, 5.41) is 0. The van der Waals surface area contributed by atoms with E-state index in [2.05, 4.69) is 12.2 Å². The van der Waals surface area contributed by atoms with Gasteiger partial charge in [-0.2, -0.15) is 0 Å². The Bertz CT molecular complexity index is 303. The van der Waals surface area contributed by atoms with Crippen molar-refractivity contribution in [1.82, 2.24) is 0 Å². The van der Waals surface area contributed by atoms with Crippen LogP contribution in [-0.4, -0.2) is 0 Å². The van der Waals surface area contributed by atoms with E-state index in [1.807, 2.05) is 13.0 Å². The Morgan fingerprint density at radius 3 is 2.58 bits per heavy atom. The molecule has 0 saturated carbocycles. The molecule has 12 heavy (non-hydrogen) atoms. The van der Waals surface area contributed by atoms with E-state index in [9.17, 15) is 0 Å². The monoisotopic (exact) mass is 163 g/mol. The first-order valence-corrected chi connectivity index (χ1v) is 4.20. The van der Waals surface area contributed by atoms with Crippen LogP contribution in [0.5, 0.6) is 0 Å². The van der Waals surface area contributed by atoms with Gasteiger partial charge in [0.1, 0.15) is 5.76 Å². The average molecular weight is 163 g/mol. The normalized spacial score (nSPS) is 20.2. The molecular weight excluding hydrogens is 150 g/mol. The van der Waals surface area contributed by atoms with E-state index in [4.69, 9.17) is 10.2 Å². The zero-order valence-corrected chi connectivity index (χ0v) is 7.21. The Hall–Kier alpha value is -1.02. The van der Waals surface area contributed by atoms with Crippen LogP contribution < -0.4 is 5.73 Å². The van der Waals surface area contributed by atoms with Gasteiger partial charge in [-0.25, -0.2) is 0 Å². The van der Waals surface area contributed by atoms with Crippen LogP contribution in [0.2, 0.25) is 0 Å². The lowest BCUT2D eigenvalue weighted by atomic mass is 9.91. The van der Waals surface area contributed by atoms with E-state index >= 15 is 0 Å². The molecule has 0 amide bonds. The van der Waals surface area contributed by atoms with Gasteiger partial charge in [-0.1, -0.05) is 12.2 Å². The van der Waals surface area contributed by atoms with E-state index in [-0.39, 0.29) is 5.54 Å². The standard InChI is InChI=1S/C10H13NO/c1-8-6-9(7-12-8)10(11)4-2-3-5-10/h2-3,6-7H,4-5,11H2,1H3. The van der Waals surface area contributed by atoms with Crippen LogP contribution in [0.4, 0.5) is 0 Å². The van der Waals surface area contributed by atoms with E-state index < -0.39 is 0 Å². The van der Waals surface area contributed by atoms with Crippen molar-refractivity contribution >= 4 is 0 Å². The summed E-state index contributed by atoms with van der Waals surface area (Å²) in [5.41, 5.74) is 7.09. The molecule has 64 valence electrons. The van der Waals surface area contributed by atoms with Gasteiger partial charge in [-0.05, 0) is 25.8 Å². The molecule has 1 aromatic heterocycles. The van der Waals surface area contributed by atoms with Crippen molar-refractivity contribution in [3.05, 3.63) is 35.8 Å². The summed E-state index contributed by atoms with van der Waals surface area (Å²) in [5.74, 6) is 0.932. The quantitative estimate of drug-likeness (QED) is 0.644. The summed E-state index contributed by atoms with van der Waals surface area (Å²) in [6, 6.07) is 2.02. The first-order chi connectivity index (χ1) is 5.71. The molecule has 0 saturated heterocycles. The maximum atomic E-state index is 6.17. The molecule has 1 aliphatic rings. The molecule has 0 radical (unpaired) electrons. The van der Waals surface area contributed by atoms with Crippen LogP contribution >= 0.6 is 0 Å². The van der Waals surface area contributed by atoms with Gasteiger partial charge in [-0.15, -0.1) is 0 Å². The minimum atomic E-state index is -0.197. The van der Waals surface area contributed by atoms with E-state index in [1.54, 1.807) is 6.26 Å². The average Bonchev–Trinajstić information content (AvgIpc) is 2.59. The maximum Gasteiger partial charge on any atom is 0.101 e. The van der Waals surface area contributed by atoms with Crippen LogP contribution in [0, 0.1) is 6.92 Å². The Morgan fingerprint density at radius 2 is 2.08 bits per heavy atom. The second-order valence-corrected chi connectivity index (χ2v) is 3.48. The highest BCUT2D eigenvalue weighted by Gasteiger charge is 2.29. The number of rotatable bonds is 1. The zero-order valence-electron chi connectivity index (χ0n) is 7.21. The van der Waals surface area contributed by atoms with E-state index in [0.29, 0.717) is 0 Å². The predicted molar refractivity (Wildman–Crippen MR) is 47.7 cm³/mol. The topological polar surface area (TPSA) is 39.2 Å². The van der Waals surface area contributed by atoms with E-state index in [1.165, 1.54) is 0 Å². The molecule has 0 spiro atoms. The highest BCUT2D eigenvalue weighted by Crippen LogP contribution is 2.32. The smallest absolute Gasteiger partial charge is 0.101 e. The van der Waals surface area contributed by atoms with E-state index in [0.717, 1.165) is 24.2 Å². The summed E-state index contributed by atoms with van der Waals surface area (Å²) in [6.07, 6.45) is 7.87. The van der Waals surface area contributed by atoms with Gasteiger partial charge < -0.3 is 10.2 Å². The maximum absolute atomic E-state index is 6.17. The molecular formula is C10H13NO. The van der Waals surface area contributed by atoms with Crippen LogP contribution in [0.3, 0.4) is 0 Å². The molecule has 2 nitrogen and oxygen atoms in total. The molecule has 2 N–H and O–H groups in total. The second kappa shape index (κ2) is 2.49. The van der Waals surface area contributed by atoms with Crippen molar-refractivity contribution < 1.29 is 4.42 Å². The molecule has 0 aliphatic heterocycles. The molecule has 0 bridgehead atoms. The number of aryl methyl sites for hydroxylation is 1. The molecule has 1 aliphatic carbocycles. The first-order valence-electron chi connectivity index (χ1n) is 4.20. The zero-order chi connectivity index (χ0) is 8.60. The molecule has 0 unspecified atom stereocenters. The van der Waals surface area contributed by atoms with Crippen molar-refractivity contribution in [1.29, 1.82) is 0 Å². The SMILES string of the molecule is Cc1cc(C2(N)CC=CC2)co1. The van der Waals surface area contributed by atoms with Gasteiger partial charge in [0.05, 0.1) is 11.8 Å². The molecule has 2 heteroatoms. The Kier molecular flexibility index (Phi) is 1.58. The third-order valence-corrected chi connectivity index (χ3v) is 2.44. The lowest BCUT2D eigenvalue weighted by molar-refractivity contribution is 0.465. The summed E-state index contributed by atoms with van der Waals surface area (Å²) in [7, 11) is 0. The Labute approximate surface area is 72.1 Å². The predicted octanol–water partition coefficient (Wildman–Crippen LogP) is 2.09. The summed E-state index contributed by atoms with van der Waals surface area (Å²) in [6.45, 7) is 1.94. The molecule has 0 atom stereocenters. The molecule has 0 aromatic carbocycles. The molecule has 1 heterocycles. The van der Waals surface area contributed by atoms with Gasteiger partial charge in [-0.3, -0.25) is 0 Å². The van der Waals surface area contributed by atoms with Crippen molar-refractivity contribution in [3.63, 3.8) is 0 Å². The third-order valence-electron chi connectivity index (χ3n) is 2.44. The molecule has 2 rings (SSSR count). The lowest BCUT2D eigenvalue weighted by Crippen LogP contribution is -2.32. The molecule has 1 aromatic rings. The van der Waals surface area contributed by atoms with Gasteiger partial charge in [0.25, 0.3) is 0 Å². The first kappa shape index (κ1) is 7.62. The van der Waals surface area contributed by atoms with Crippen molar-refractivity contribution in [2.75, 3.05) is 0 Å². The van der Waals surface area contributed by atoms with Crippen LogP contribution in [0.25, 0.3) is 0 Å². The lowest BCUT2D eigenvalue weighted by Gasteiger charge is -2.21. The fourth-order valence-corrected chi connectivity index (χ4v) is 1.61. The fourth-order valence-electron chi connectivity index (χ4n) is 1.61. The van der Waals surface area contributed by atoms with Gasteiger partial charge >= 0.3 is 0 Å². The van der Waals surface area contributed by atoms with Gasteiger partial charge in [0.15, 0.2) is 0 Å². The number of hydrogen-bond donors (Lipinski definition) is 1. The number of hydrogen-bond acceptors (Lipinski definition) is 2. The largest absolute Gasteiger partial charge is 0.469 e. The fraction of sp³-hybridized carbons (Fsp3) is 0.400. The minimum Gasteiger partial charge on any atom is -0.469 e.